The number of imidazole rings is 1. The fourth-order valence-electron chi connectivity index (χ4n) is 4.37. The van der Waals surface area contributed by atoms with Crippen LogP contribution in [-0.2, 0) is 26.1 Å². The quantitative estimate of drug-likeness (QED) is 0.618. The Morgan fingerprint density at radius 1 is 1.14 bits per heavy atom. The number of fused-ring (bicyclic) bond motifs is 2. The molecule has 1 fully saturated rings. The van der Waals surface area contributed by atoms with Crippen molar-refractivity contribution in [3.05, 3.63) is 46.5 Å². The predicted octanol–water partition coefficient (Wildman–Crippen LogP) is -0.0401. The number of aromatic nitrogens is 7. The molecule has 0 aromatic carbocycles. The number of nitrogens with zero attached hydrogens (tertiary/aromatic N) is 8. The van der Waals surface area contributed by atoms with Gasteiger partial charge in [0.15, 0.2) is 11.5 Å². The van der Waals surface area contributed by atoms with Gasteiger partial charge in [0.2, 0.25) is 0 Å². The van der Waals surface area contributed by atoms with Crippen LogP contribution in [0, 0.1) is 0 Å². The van der Waals surface area contributed by atoms with E-state index in [0.717, 1.165) is 12.8 Å². The molecule has 28 heavy (non-hydrogen) atoms. The molecule has 1 amide bonds. The molecule has 0 aliphatic carbocycles. The summed E-state index contributed by atoms with van der Waals surface area (Å²) in [4.78, 5) is 31.9. The fourth-order valence-corrected chi connectivity index (χ4v) is 4.37. The second kappa shape index (κ2) is 5.85. The van der Waals surface area contributed by atoms with Gasteiger partial charge >= 0.3 is 0 Å². The Hall–Kier alpha value is -3.30. The van der Waals surface area contributed by atoms with Gasteiger partial charge in [0, 0.05) is 52.3 Å². The third-order valence-corrected chi connectivity index (χ3v) is 5.95. The van der Waals surface area contributed by atoms with Gasteiger partial charge in [-0.2, -0.15) is 5.10 Å². The highest BCUT2D eigenvalue weighted by Gasteiger charge is 2.48. The molecule has 0 bridgehead atoms. The highest BCUT2D eigenvalue weighted by molar-refractivity contribution is 5.92. The molecule has 144 valence electrons. The molecule has 5 rings (SSSR count). The molecule has 1 saturated heterocycles. The molecule has 2 aliphatic rings. The number of rotatable bonds is 2. The molecule has 0 unspecified atom stereocenters. The first-order chi connectivity index (χ1) is 13.5. The van der Waals surface area contributed by atoms with Crippen LogP contribution in [0.3, 0.4) is 0 Å². The van der Waals surface area contributed by atoms with Gasteiger partial charge in [0.05, 0.1) is 5.41 Å². The van der Waals surface area contributed by atoms with E-state index in [-0.39, 0.29) is 22.6 Å². The lowest BCUT2D eigenvalue weighted by atomic mass is 9.85. The zero-order valence-corrected chi connectivity index (χ0v) is 15.7. The smallest absolute Gasteiger partial charge is 0.283 e. The van der Waals surface area contributed by atoms with E-state index in [1.54, 1.807) is 45.5 Å². The topological polar surface area (TPSA) is 104 Å². The first kappa shape index (κ1) is 16.8. The summed E-state index contributed by atoms with van der Waals surface area (Å²) in [5, 5.41) is 12.7. The SMILES string of the molecule is Cn1ccnc1-c1nnc2n(c1=O)CC[C@]21CCN(C(=O)c2ccnn2C)C1. The maximum Gasteiger partial charge on any atom is 0.283 e. The van der Waals surface area contributed by atoms with Crippen molar-refractivity contribution in [3.8, 4) is 11.5 Å². The Balaban J connectivity index is 1.48. The molecule has 3 aromatic heterocycles. The monoisotopic (exact) mass is 380 g/mol. The zero-order valence-electron chi connectivity index (χ0n) is 15.7. The minimum absolute atomic E-state index is 0.0461. The largest absolute Gasteiger partial charge is 0.336 e. The summed E-state index contributed by atoms with van der Waals surface area (Å²) in [5.41, 5.74) is 0.325. The van der Waals surface area contributed by atoms with Crippen molar-refractivity contribution in [2.75, 3.05) is 13.1 Å². The number of hydrogen-bond donors (Lipinski definition) is 0. The number of aryl methyl sites for hydroxylation is 2. The van der Waals surface area contributed by atoms with Gasteiger partial charge in [-0.3, -0.25) is 18.8 Å². The second-order valence-electron chi connectivity index (χ2n) is 7.54. The van der Waals surface area contributed by atoms with E-state index < -0.39 is 0 Å². The molecular weight excluding hydrogens is 360 g/mol. The zero-order chi connectivity index (χ0) is 19.5. The molecule has 10 nitrogen and oxygen atoms in total. The van der Waals surface area contributed by atoms with Crippen LogP contribution in [-0.4, -0.2) is 58.0 Å². The third kappa shape index (κ3) is 2.26. The number of hydrogen-bond acceptors (Lipinski definition) is 6. The molecular formula is C18H20N8O2. The van der Waals surface area contributed by atoms with Crippen LogP contribution in [0.2, 0.25) is 0 Å². The van der Waals surface area contributed by atoms with E-state index in [1.165, 1.54) is 0 Å². The van der Waals surface area contributed by atoms with Gasteiger partial charge in [0.25, 0.3) is 11.5 Å². The summed E-state index contributed by atoms with van der Waals surface area (Å²) in [6, 6.07) is 1.72. The fraction of sp³-hybridized carbons (Fsp3) is 0.444. The molecule has 2 aliphatic heterocycles. The van der Waals surface area contributed by atoms with Crippen LogP contribution in [0.5, 0.6) is 0 Å². The summed E-state index contributed by atoms with van der Waals surface area (Å²) >= 11 is 0. The van der Waals surface area contributed by atoms with Gasteiger partial charge in [-0.25, -0.2) is 4.98 Å². The molecule has 5 heterocycles. The Kier molecular flexibility index (Phi) is 3.52. The van der Waals surface area contributed by atoms with Crippen molar-refractivity contribution < 1.29 is 4.79 Å². The van der Waals surface area contributed by atoms with Crippen molar-refractivity contribution in [2.45, 2.75) is 24.8 Å². The molecule has 1 spiro atoms. The highest BCUT2D eigenvalue weighted by atomic mass is 16.2. The molecule has 3 aromatic rings. The first-order valence-electron chi connectivity index (χ1n) is 9.23. The van der Waals surface area contributed by atoms with Crippen LogP contribution >= 0.6 is 0 Å². The first-order valence-corrected chi connectivity index (χ1v) is 9.23. The van der Waals surface area contributed by atoms with E-state index in [0.29, 0.717) is 37.0 Å². The number of carbonyl (C=O) groups is 1. The second-order valence-corrected chi connectivity index (χ2v) is 7.54. The standard InChI is InChI=1S/C18H20N8O2/c1-23-10-7-19-14(23)13-16(28)26-9-5-18(17(26)22-21-13)4-8-25(11-18)15(27)12-3-6-20-24(12)2/h3,6-7,10H,4-5,8-9,11H2,1-2H3/t18-/m0/s1. The molecule has 0 saturated carbocycles. The minimum atomic E-state index is -0.319. The van der Waals surface area contributed by atoms with Crippen LogP contribution < -0.4 is 5.56 Å². The predicted molar refractivity (Wildman–Crippen MR) is 98.5 cm³/mol. The van der Waals surface area contributed by atoms with Crippen LogP contribution in [0.25, 0.3) is 11.5 Å². The van der Waals surface area contributed by atoms with Crippen LogP contribution in [0.1, 0.15) is 29.2 Å². The Labute approximate surface area is 160 Å². The molecule has 0 radical (unpaired) electrons. The number of amides is 1. The van der Waals surface area contributed by atoms with Crippen molar-refractivity contribution in [1.29, 1.82) is 0 Å². The maximum absolute atomic E-state index is 13.0. The third-order valence-electron chi connectivity index (χ3n) is 5.95. The maximum atomic E-state index is 13.0. The van der Waals surface area contributed by atoms with Crippen molar-refractivity contribution in [3.63, 3.8) is 0 Å². The minimum Gasteiger partial charge on any atom is -0.336 e. The molecule has 10 heteroatoms. The Morgan fingerprint density at radius 3 is 2.68 bits per heavy atom. The number of likely N-dealkylation sites (tertiary alicyclic amines) is 1. The van der Waals surface area contributed by atoms with E-state index in [2.05, 4.69) is 20.3 Å². The van der Waals surface area contributed by atoms with Gasteiger partial charge in [-0.1, -0.05) is 0 Å². The summed E-state index contributed by atoms with van der Waals surface area (Å²) < 4.78 is 5.04. The molecule has 1 atom stereocenters. The summed E-state index contributed by atoms with van der Waals surface area (Å²) in [7, 11) is 3.58. The van der Waals surface area contributed by atoms with Gasteiger partial charge in [-0.05, 0) is 18.9 Å². The van der Waals surface area contributed by atoms with Gasteiger partial charge < -0.3 is 9.47 Å². The van der Waals surface area contributed by atoms with E-state index in [4.69, 9.17) is 0 Å². The Morgan fingerprint density at radius 2 is 1.96 bits per heavy atom. The van der Waals surface area contributed by atoms with E-state index in [9.17, 15) is 9.59 Å². The lowest BCUT2D eigenvalue weighted by Crippen LogP contribution is -2.36. The summed E-state index contributed by atoms with van der Waals surface area (Å²) in [6.45, 7) is 1.74. The van der Waals surface area contributed by atoms with Crippen molar-refractivity contribution in [1.82, 2.24) is 39.0 Å². The average molecular weight is 380 g/mol. The van der Waals surface area contributed by atoms with E-state index in [1.807, 2.05) is 11.9 Å². The normalized spacial score (nSPS) is 20.9. The highest BCUT2D eigenvalue weighted by Crippen LogP contribution is 2.41. The average Bonchev–Trinajstić information content (AvgIpc) is 3.45. The Bertz CT molecular complexity index is 1140. The lowest BCUT2D eigenvalue weighted by Gasteiger charge is -2.23. The van der Waals surface area contributed by atoms with Crippen LogP contribution in [0.4, 0.5) is 0 Å². The van der Waals surface area contributed by atoms with E-state index >= 15 is 0 Å². The van der Waals surface area contributed by atoms with Gasteiger partial charge in [-0.15, -0.1) is 10.2 Å². The van der Waals surface area contributed by atoms with Crippen LogP contribution in [0.15, 0.2) is 29.5 Å². The summed E-state index contributed by atoms with van der Waals surface area (Å²) in [5.74, 6) is 1.14. The van der Waals surface area contributed by atoms with Gasteiger partial charge in [0.1, 0.15) is 11.5 Å². The number of carbonyl (C=O) groups excluding carboxylic acids is 1. The summed E-state index contributed by atoms with van der Waals surface area (Å²) in [6.07, 6.45) is 6.57. The van der Waals surface area contributed by atoms with Crippen molar-refractivity contribution in [2.24, 2.45) is 14.1 Å². The lowest BCUT2D eigenvalue weighted by molar-refractivity contribution is 0.0772. The van der Waals surface area contributed by atoms with Crippen molar-refractivity contribution >= 4 is 5.91 Å². The molecule has 0 N–H and O–H groups in total.